The average molecular weight is 363 g/mol. The Morgan fingerprint density at radius 3 is 1.81 bits per heavy atom. The summed E-state index contributed by atoms with van der Waals surface area (Å²) in [5.41, 5.74) is 1.22. The molecule has 5 nitrogen and oxygen atoms in total. The lowest BCUT2D eigenvalue weighted by Crippen LogP contribution is -2.38. The van der Waals surface area contributed by atoms with Crippen LogP contribution in [0, 0.1) is 0 Å². The number of carbonyl (C=O) groups excluding carboxylic acids is 4. The van der Waals surface area contributed by atoms with E-state index in [-0.39, 0.29) is 53.0 Å². The molecule has 5 heteroatoms. The second-order valence-corrected chi connectivity index (χ2v) is 6.53. The molecule has 27 heavy (non-hydrogen) atoms. The van der Waals surface area contributed by atoms with Gasteiger partial charge in [0.15, 0.2) is 11.6 Å². The molecule has 0 radical (unpaired) electrons. The number of hydrogen-bond acceptors (Lipinski definition) is 4. The van der Waals surface area contributed by atoms with Crippen molar-refractivity contribution >= 4 is 29.1 Å². The maximum absolute atomic E-state index is 13.1. The fourth-order valence-electron chi connectivity index (χ4n) is 3.37. The lowest BCUT2D eigenvalue weighted by Gasteiger charge is -2.26. The minimum atomic E-state index is -0.358. The predicted octanol–water partition coefficient (Wildman–Crippen LogP) is 3.92. The van der Waals surface area contributed by atoms with Crippen LogP contribution in [0.2, 0.25) is 0 Å². The van der Waals surface area contributed by atoms with Gasteiger partial charge in [0.25, 0.3) is 0 Å². The Labute approximate surface area is 158 Å². The Morgan fingerprint density at radius 1 is 0.741 bits per heavy atom. The van der Waals surface area contributed by atoms with Gasteiger partial charge in [-0.3, -0.25) is 19.2 Å². The standard InChI is InChI=1S/C22H21NO4/c1-3-8-18(24)23(19(25)9-4-2)17-13-7-12-16-20(17)22(27)15-11-6-5-10-14(15)21(16)26/h5-7,10-13H,3-4,8-9H2,1-2H3. The second-order valence-electron chi connectivity index (χ2n) is 6.53. The Bertz CT molecular complexity index is 927. The fraction of sp³-hybridized carbons (Fsp3) is 0.273. The van der Waals surface area contributed by atoms with Crippen LogP contribution in [0.25, 0.3) is 0 Å². The van der Waals surface area contributed by atoms with E-state index in [1.54, 1.807) is 42.5 Å². The maximum Gasteiger partial charge on any atom is 0.233 e. The van der Waals surface area contributed by atoms with E-state index in [9.17, 15) is 19.2 Å². The molecule has 0 spiro atoms. The molecule has 0 aromatic heterocycles. The van der Waals surface area contributed by atoms with Gasteiger partial charge in [0, 0.05) is 29.5 Å². The zero-order chi connectivity index (χ0) is 19.6. The first-order chi connectivity index (χ1) is 13.0. The van der Waals surface area contributed by atoms with Gasteiger partial charge in [0.05, 0.1) is 11.3 Å². The van der Waals surface area contributed by atoms with E-state index >= 15 is 0 Å². The monoisotopic (exact) mass is 363 g/mol. The number of rotatable bonds is 5. The van der Waals surface area contributed by atoms with Gasteiger partial charge in [0.1, 0.15) is 0 Å². The minimum Gasteiger partial charge on any atom is -0.289 e. The summed E-state index contributed by atoms with van der Waals surface area (Å²) in [7, 11) is 0. The van der Waals surface area contributed by atoms with Crippen LogP contribution >= 0.6 is 0 Å². The molecule has 3 rings (SSSR count). The third kappa shape index (κ3) is 3.21. The normalized spacial score (nSPS) is 12.4. The van der Waals surface area contributed by atoms with Crippen molar-refractivity contribution in [2.75, 3.05) is 4.90 Å². The van der Waals surface area contributed by atoms with Crippen molar-refractivity contribution in [1.29, 1.82) is 0 Å². The SMILES string of the molecule is CCCC(=O)N(C(=O)CCC)c1cccc2c1C(=O)c1ccccc1C2=O. The van der Waals surface area contributed by atoms with Gasteiger partial charge in [0.2, 0.25) is 11.8 Å². The Kier molecular flexibility index (Phi) is 5.31. The minimum absolute atomic E-state index is 0.134. The smallest absolute Gasteiger partial charge is 0.233 e. The number of hydrogen-bond donors (Lipinski definition) is 0. The first-order valence-corrected chi connectivity index (χ1v) is 9.18. The number of imide groups is 1. The van der Waals surface area contributed by atoms with E-state index in [1.165, 1.54) is 0 Å². The maximum atomic E-state index is 13.1. The molecule has 1 aliphatic rings. The summed E-state index contributed by atoms with van der Waals surface area (Å²) < 4.78 is 0. The van der Waals surface area contributed by atoms with Crippen molar-refractivity contribution in [2.24, 2.45) is 0 Å². The van der Waals surface area contributed by atoms with Crippen LogP contribution < -0.4 is 4.90 Å². The van der Waals surface area contributed by atoms with Gasteiger partial charge in [-0.15, -0.1) is 0 Å². The van der Waals surface area contributed by atoms with Gasteiger partial charge in [-0.05, 0) is 18.9 Å². The highest BCUT2D eigenvalue weighted by atomic mass is 16.2. The van der Waals surface area contributed by atoms with Crippen LogP contribution in [-0.4, -0.2) is 23.4 Å². The average Bonchev–Trinajstić information content (AvgIpc) is 2.66. The molecule has 2 amide bonds. The number of carbonyl (C=O) groups is 4. The van der Waals surface area contributed by atoms with E-state index in [0.717, 1.165) is 4.90 Å². The number of anilines is 1. The zero-order valence-electron chi connectivity index (χ0n) is 15.5. The fourth-order valence-corrected chi connectivity index (χ4v) is 3.37. The van der Waals surface area contributed by atoms with Gasteiger partial charge >= 0.3 is 0 Å². The van der Waals surface area contributed by atoms with E-state index in [4.69, 9.17) is 0 Å². The number of benzene rings is 2. The van der Waals surface area contributed by atoms with E-state index in [0.29, 0.717) is 24.0 Å². The summed E-state index contributed by atoms with van der Waals surface area (Å²) in [5, 5.41) is 0. The molecular formula is C22H21NO4. The highest BCUT2D eigenvalue weighted by Crippen LogP contribution is 2.34. The summed E-state index contributed by atoms with van der Waals surface area (Å²) in [4.78, 5) is 52.5. The topological polar surface area (TPSA) is 71.5 Å². The van der Waals surface area contributed by atoms with E-state index in [2.05, 4.69) is 0 Å². The lowest BCUT2D eigenvalue weighted by atomic mass is 9.83. The molecule has 0 N–H and O–H groups in total. The van der Waals surface area contributed by atoms with Crippen LogP contribution in [0.4, 0.5) is 5.69 Å². The number of fused-ring (bicyclic) bond motifs is 2. The van der Waals surface area contributed by atoms with Crippen molar-refractivity contribution in [2.45, 2.75) is 39.5 Å². The van der Waals surface area contributed by atoms with Crippen LogP contribution in [0.3, 0.4) is 0 Å². The summed E-state index contributed by atoms with van der Waals surface area (Å²) in [5.74, 6) is -1.32. The highest BCUT2D eigenvalue weighted by Gasteiger charge is 2.35. The van der Waals surface area contributed by atoms with Crippen LogP contribution in [0.5, 0.6) is 0 Å². The third-order valence-electron chi connectivity index (χ3n) is 4.60. The molecule has 0 unspecified atom stereocenters. The second kappa shape index (κ2) is 7.66. The van der Waals surface area contributed by atoms with Gasteiger partial charge in [-0.2, -0.15) is 0 Å². The molecule has 0 heterocycles. The van der Waals surface area contributed by atoms with Crippen LogP contribution in [0.1, 0.15) is 71.4 Å². The molecular weight excluding hydrogens is 342 g/mol. The number of ketones is 2. The first kappa shape index (κ1) is 18.7. The largest absolute Gasteiger partial charge is 0.289 e. The summed E-state index contributed by atoms with van der Waals surface area (Å²) in [6.07, 6.45) is 1.55. The Hall–Kier alpha value is -3.08. The van der Waals surface area contributed by atoms with Crippen LogP contribution in [0.15, 0.2) is 42.5 Å². The van der Waals surface area contributed by atoms with Gasteiger partial charge in [-0.1, -0.05) is 50.2 Å². The van der Waals surface area contributed by atoms with Gasteiger partial charge in [-0.25, -0.2) is 4.90 Å². The first-order valence-electron chi connectivity index (χ1n) is 9.18. The van der Waals surface area contributed by atoms with E-state index in [1.807, 2.05) is 13.8 Å². The Balaban J connectivity index is 2.20. The van der Waals surface area contributed by atoms with Crippen molar-refractivity contribution in [3.05, 3.63) is 64.7 Å². The van der Waals surface area contributed by atoms with Crippen molar-refractivity contribution in [3.63, 3.8) is 0 Å². The highest BCUT2D eigenvalue weighted by molar-refractivity contribution is 6.32. The lowest BCUT2D eigenvalue weighted by molar-refractivity contribution is -0.126. The molecule has 0 saturated carbocycles. The number of nitrogens with zero attached hydrogens (tertiary/aromatic N) is 1. The van der Waals surface area contributed by atoms with Gasteiger partial charge < -0.3 is 0 Å². The molecule has 0 bridgehead atoms. The predicted molar refractivity (Wildman–Crippen MR) is 102 cm³/mol. The molecule has 0 fully saturated rings. The summed E-state index contributed by atoms with van der Waals surface area (Å²) in [6.45, 7) is 3.71. The quantitative estimate of drug-likeness (QED) is 0.689. The molecule has 2 aromatic carbocycles. The molecule has 0 saturated heterocycles. The van der Waals surface area contributed by atoms with Crippen molar-refractivity contribution in [3.8, 4) is 0 Å². The third-order valence-corrected chi connectivity index (χ3v) is 4.60. The summed E-state index contributed by atoms with van der Waals surface area (Å²) in [6, 6.07) is 11.4. The summed E-state index contributed by atoms with van der Waals surface area (Å²) >= 11 is 0. The molecule has 1 aliphatic carbocycles. The molecule has 0 aliphatic heterocycles. The number of amides is 2. The molecule has 138 valence electrons. The zero-order valence-corrected chi connectivity index (χ0v) is 15.5. The van der Waals surface area contributed by atoms with Crippen molar-refractivity contribution < 1.29 is 19.2 Å². The Morgan fingerprint density at radius 2 is 1.26 bits per heavy atom. The molecule has 2 aromatic rings. The van der Waals surface area contributed by atoms with Crippen molar-refractivity contribution in [1.82, 2.24) is 0 Å². The van der Waals surface area contributed by atoms with E-state index < -0.39 is 0 Å². The van der Waals surface area contributed by atoms with Crippen LogP contribution in [-0.2, 0) is 9.59 Å². The molecule has 0 atom stereocenters.